The summed E-state index contributed by atoms with van der Waals surface area (Å²) in [6, 6.07) is 10.2. The van der Waals surface area contributed by atoms with Crippen molar-refractivity contribution in [1.82, 2.24) is 4.98 Å². The van der Waals surface area contributed by atoms with Gasteiger partial charge in [0.25, 0.3) is 5.56 Å². The molecule has 0 unspecified atom stereocenters. The number of hydrogen-bond donors (Lipinski definition) is 3. The molecule has 27 heavy (non-hydrogen) atoms. The summed E-state index contributed by atoms with van der Waals surface area (Å²) < 4.78 is 6.34. The van der Waals surface area contributed by atoms with E-state index in [1.165, 1.54) is 6.21 Å². The van der Waals surface area contributed by atoms with Gasteiger partial charge in [-0.2, -0.15) is 0 Å². The number of fused-ring (bicyclic) bond motifs is 1. The molecule has 0 saturated heterocycles. The minimum Gasteiger partial charge on any atom is -0.508 e. The quantitative estimate of drug-likeness (QED) is 0.512. The molecule has 0 atom stereocenters. The fraction of sp³-hybridized carbons (Fsp3) is 0.200. The SMILES string of the molecule is CCCOc1cc(O)cc(CN=Cc2c(O)[nH]c(=O)c3ccc(Br)cc23)c1. The molecular formula is C20H19BrN2O4. The molecule has 3 aromatic rings. The molecule has 6 nitrogen and oxygen atoms in total. The van der Waals surface area contributed by atoms with Gasteiger partial charge in [0.05, 0.1) is 18.7 Å². The third-order valence-electron chi connectivity index (χ3n) is 3.92. The van der Waals surface area contributed by atoms with E-state index in [9.17, 15) is 15.0 Å². The van der Waals surface area contributed by atoms with Crippen molar-refractivity contribution in [2.75, 3.05) is 6.61 Å². The molecule has 0 aliphatic rings. The smallest absolute Gasteiger partial charge is 0.258 e. The summed E-state index contributed by atoms with van der Waals surface area (Å²) in [5, 5.41) is 21.0. The Morgan fingerprint density at radius 1 is 1.19 bits per heavy atom. The van der Waals surface area contributed by atoms with Crippen LogP contribution < -0.4 is 10.3 Å². The predicted molar refractivity (Wildman–Crippen MR) is 109 cm³/mol. The maximum atomic E-state index is 12.0. The third kappa shape index (κ3) is 4.49. The van der Waals surface area contributed by atoms with Crippen molar-refractivity contribution in [1.29, 1.82) is 0 Å². The van der Waals surface area contributed by atoms with Gasteiger partial charge in [-0.15, -0.1) is 0 Å². The van der Waals surface area contributed by atoms with Gasteiger partial charge in [-0.3, -0.25) is 14.8 Å². The zero-order valence-electron chi connectivity index (χ0n) is 14.7. The topological polar surface area (TPSA) is 94.9 Å². The van der Waals surface area contributed by atoms with E-state index in [1.807, 2.05) is 13.0 Å². The predicted octanol–water partition coefficient (Wildman–Crippen LogP) is 4.11. The molecule has 1 heterocycles. The first kappa shape index (κ1) is 19.0. The molecule has 0 aliphatic carbocycles. The zero-order valence-corrected chi connectivity index (χ0v) is 16.3. The van der Waals surface area contributed by atoms with Gasteiger partial charge in [0, 0.05) is 27.5 Å². The molecule has 7 heteroatoms. The molecule has 0 aliphatic heterocycles. The number of aliphatic imine (C=N–C) groups is 1. The average Bonchev–Trinajstić information content (AvgIpc) is 2.62. The van der Waals surface area contributed by atoms with Crippen molar-refractivity contribution in [2.24, 2.45) is 4.99 Å². The van der Waals surface area contributed by atoms with Crippen molar-refractivity contribution in [3.63, 3.8) is 0 Å². The second-order valence-corrected chi connectivity index (χ2v) is 6.98. The zero-order chi connectivity index (χ0) is 19.4. The Morgan fingerprint density at radius 3 is 2.78 bits per heavy atom. The summed E-state index contributed by atoms with van der Waals surface area (Å²) in [5.41, 5.74) is 0.832. The van der Waals surface area contributed by atoms with Gasteiger partial charge in [0.15, 0.2) is 0 Å². The van der Waals surface area contributed by atoms with E-state index in [4.69, 9.17) is 4.74 Å². The maximum Gasteiger partial charge on any atom is 0.258 e. The van der Waals surface area contributed by atoms with Crippen molar-refractivity contribution < 1.29 is 14.9 Å². The molecular weight excluding hydrogens is 412 g/mol. The van der Waals surface area contributed by atoms with Crippen LogP contribution in [0.25, 0.3) is 10.8 Å². The van der Waals surface area contributed by atoms with E-state index >= 15 is 0 Å². The molecule has 0 amide bonds. The van der Waals surface area contributed by atoms with Crippen LogP contribution in [0.5, 0.6) is 17.4 Å². The molecule has 3 N–H and O–H groups in total. The number of H-pyrrole nitrogens is 1. The van der Waals surface area contributed by atoms with Crippen LogP contribution >= 0.6 is 15.9 Å². The standard InChI is InChI=1S/C20H19BrN2O4/c1-2-5-27-15-7-12(6-14(24)9-15)10-22-11-18-17-8-13(21)3-4-16(17)19(25)23-20(18)26/h3-4,6-9,11,24H,2,5,10H2,1H3,(H2,23,25,26). The lowest BCUT2D eigenvalue weighted by atomic mass is 10.1. The molecule has 1 aromatic heterocycles. The molecule has 2 aromatic carbocycles. The number of nitrogens with zero attached hydrogens (tertiary/aromatic N) is 1. The highest BCUT2D eigenvalue weighted by Gasteiger charge is 2.10. The molecule has 0 bridgehead atoms. The monoisotopic (exact) mass is 430 g/mol. The van der Waals surface area contributed by atoms with Gasteiger partial charge in [0.1, 0.15) is 11.5 Å². The number of aromatic amines is 1. The molecule has 3 rings (SSSR count). The number of halogens is 1. The number of nitrogens with one attached hydrogen (secondary N) is 1. The van der Waals surface area contributed by atoms with Gasteiger partial charge in [0.2, 0.25) is 5.88 Å². The second-order valence-electron chi connectivity index (χ2n) is 6.06. The summed E-state index contributed by atoms with van der Waals surface area (Å²) in [7, 11) is 0. The summed E-state index contributed by atoms with van der Waals surface area (Å²) >= 11 is 3.38. The molecule has 0 saturated carbocycles. The van der Waals surface area contributed by atoms with Crippen molar-refractivity contribution >= 4 is 32.9 Å². The van der Waals surface area contributed by atoms with E-state index in [2.05, 4.69) is 25.9 Å². The van der Waals surface area contributed by atoms with Crippen LogP contribution in [-0.4, -0.2) is 28.0 Å². The van der Waals surface area contributed by atoms with Gasteiger partial charge in [-0.05, 0) is 42.3 Å². The van der Waals surface area contributed by atoms with Crippen LogP contribution in [0.4, 0.5) is 0 Å². The average molecular weight is 431 g/mol. The molecule has 140 valence electrons. The van der Waals surface area contributed by atoms with Crippen LogP contribution in [0.15, 0.2) is 50.7 Å². The van der Waals surface area contributed by atoms with Crippen LogP contribution in [0.3, 0.4) is 0 Å². The lowest BCUT2D eigenvalue weighted by Gasteiger charge is -2.07. The summed E-state index contributed by atoms with van der Waals surface area (Å²) in [5.74, 6) is 0.454. The summed E-state index contributed by atoms with van der Waals surface area (Å²) in [4.78, 5) is 18.8. The fourth-order valence-corrected chi connectivity index (χ4v) is 3.08. The van der Waals surface area contributed by atoms with Crippen LogP contribution in [-0.2, 0) is 6.54 Å². The minimum atomic E-state index is -0.363. The Morgan fingerprint density at radius 2 is 2.00 bits per heavy atom. The summed E-state index contributed by atoms with van der Waals surface area (Å²) in [6.07, 6.45) is 2.38. The highest BCUT2D eigenvalue weighted by Crippen LogP contribution is 2.25. The van der Waals surface area contributed by atoms with Crippen LogP contribution in [0.2, 0.25) is 0 Å². The van der Waals surface area contributed by atoms with Crippen molar-refractivity contribution in [2.45, 2.75) is 19.9 Å². The maximum absolute atomic E-state index is 12.0. The van der Waals surface area contributed by atoms with Gasteiger partial charge in [-0.1, -0.05) is 22.9 Å². The first-order valence-corrected chi connectivity index (χ1v) is 9.27. The lowest BCUT2D eigenvalue weighted by Crippen LogP contribution is -2.08. The van der Waals surface area contributed by atoms with Crippen molar-refractivity contribution in [3.05, 3.63) is 62.4 Å². The first-order valence-electron chi connectivity index (χ1n) is 8.48. The molecule has 0 fully saturated rings. The fourth-order valence-electron chi connectivity index (χ4n) is 2.72. The molecule has 0 spiro atoms. The van der Waals surface area contributed by atoms with Crippen LogP contribution in [0.1, 0.15) is 24.5 Å². The number of phenols is 1. The Kier molecular flexibility index (Phi) is 5.81. The largest absolute Gasteiger partial charge is 0.508 e. The highest BCUT2D eigenvalue weighted by atomic mass is 79.9. The second kappa shape index (κ2) is 8.26. The Balaban J connectivity index is 1.90. The number of benzene rings is 2. The minimum absolute atomic E-state index is 0.107. The Labute approximate surface area is 164 Å². The van der Waals surface area contributed by atoms with E-state index in [1.54, 1.807) is 30.3 Å². The number of aromatic hydroxyl groups is 2. The van der Waals surface area contributed by atoms with Gasteiger partial charge in [-0.25, -0.2) is 0 Å². The first-order chi connectivity index (χ1) is 13.0. The van der Waals surface area contributed by atoms with Gasteiger partial charge < -0.3 is 14.9 Å². The number of pyridine rings is 1. The summed E-state index contributed by atoms with van der Waals surface area (Å²) in [6.45, 7) is 2.86. The Bertz CT molecular complexity index is 1060. The van der Waals surface area contributed by atoms with Crippen LogP contribution in [0, 0.1) is 0 Å². The number of aromatic nitrogens is 1. The van der Waals surface area contributed by atoms with E-state index < -0.39 is 0 Å². The number of ether oxygens (including phenoxy) is 1. The van der Waals surface area contributed by atoms with E-state index in [-0.39, 0.29) is 23.7 Å². The van der Waals surface area contributed by atoms with E-state index in [0.717, 1.165) is 16.5 Å². The van der Waals surface area contributed by atoms with Gasteiger partial charge >= 0.3 is 0 Å². The third-order valence-corrected chi connectivity index (χ3v) is 4.41. The number of hydrogen-bond acceptors (Lipinski definition) is 5. The number of rotatable bonds is 6. The normalized spacial score (nSPS) is 11.3. The highest BCUT2D eigenvalue weighted by molar-refractivity contribution is 9.10. The molecule has 0 radical (unpaired) electrons. The van der Waals surface area contributed by atoms with E-state index in [0.29, 0.717) is 28.7 Å². The Hall–Kier alpha value is -2.80. The van der Waals surface area contributed by atoms with Crippen molar-refractivity contribution in [3.8, 4) is 17.4 Å². The lowest BCUT2D eigenvalue weighted by molar-refractivity contribution is 0.315. The number of phenolic OH excluding ortho intramolecular Hbond substituents is 1.